The number of hydrogen-bond donors (Lipinski definition) is 4. The van der Waals surface area contributed by atoms with E-state index in [2.05, 4.69) is 86.5 Å². The van der Waals surface area contributed by atoms with Crippen molar-refractivity contribution in [1.29, 1.82) is 0 Å². The summed E-state index contributed by atoms with van der Waals surface area (Å²) >= 11 is 0. The Hall–Kier alpha value is -5.45. The first-order chi connectivity index (χ1) is 25.7. The van der Waals surface area contributed by atoms with Crippen molar-refractivity contribution in [2.45, 2.75) is 92.7 Å². The number of H-pyrrole nitrogens is 2. The molecule has 4 N–H and O–H groups in total. The van der Waals surface area contributed by atoms with Crippen molar-refractivity contribution < 1.29 is 14.4 Å². The van der Waals surface area contributed by atoms with Gasteiger partial charge >= 0.3 is 0 Å². The van der Waals surface area contributed by atoms with Crippen LogP contribution >= 0.6 is 0 Å². The van der Waals surface area contributed by atoms with Crippen LogP contribution < -0.4 is 10.6 Å². The van der Waals surface area contributed by atoms with Gasteiger partial charge in [-0.05, 0) is 61.3 Å². The van der Waals surface area contributed by atoms with E-state index in [0.29, 0.717) is 32.5 Å². The van der Waals surface area contributed by atoms with Crippen LogP contribution in [0.1, 0.15) is 89.6 Å². The molecule has 3 amide bonds. The zero-order valence-corrected chi connectivity index (χ0v) is 31.9. The van der Waals surface area contributed by atoms with Crippen molar-refractivity contribution in [1.82, 2.24) is 40.4 Å². The van der Waals surface area contributed by atoms with Crippen LogP contribution in [0.2, 0.25) is 0 Å². The lowest BCUT2D eigenvalue weighted by atomic mass is 9.95. The molecule has 0 atom stereocenters. The average Bonchev–Trinajstić information content (AvgIpc) is 3.78. The van der Waals surface area contributed by atoms with Crippen LogP contribution in [0.25, 0.3) is 33.6 Å². The molecule has 0 bridgehead atoms. The first-order valence-corrected chi connectivity index (χ1v) is 19.0. The number of aromatic amines is 2. The molecule has 280 valence electrons. The molecule has 0 saturated carbocycles. The van der Waals surface area contributed by atoms with E-state index >= 15 is 0 Å². The second-order valence-corrected chi connectivity index (χ2v) is 13.5. The fraction of sp³-hybridized carbons (Fsp3) is 0.405. The Bertz CT molecular complexity index is 1940. The van der Waals surface area contributed by atoms with Crippen LogP contribution in [0.15, 0.2) is 72.7 Å². The molecule has 0 spiro atoms. The fourth-order valence-electron chi connectivity index (χ4n) is 6.67. The summed E-state index contributed by atoms with van der Waals surface area (Å²) in [6.45, 7) is 16.3. The van der Waals surface area contributed by atoms with Crippen LogP contribution in [0, 0.1) is 0 Å². The SMILES string of the molecule is C=C(/C(=C\C)NC(=O)CC)N(CCC)Cc1ncc(-c2ccc(-c3ccc4c(c3)CCCc3[nH]c(CN(CCC)C(=O)CNC(=O)CC)nc3-4)cc2)[nH]1. The molecule has 5 rings (SSSR count). The minimum Gasteiger partial charge on any atom is -0.363 e. The summed E-state index contributed by atoms with van der Waals surface area (Å²) in [5.74, 6) is 1.31. The summed E-state index contributed by atoms with van der Waals surface area (Å²) < 4.78 is 0. The van der Waals surface area contributed by atoms with Crippen LogP contribution in [-0.2, 0) is 40.3 Å². The Morgan fingerprint density at radius 2 is 1.53 bits per heavy atom. The van der Waals surface area contributed by atoms with Gasteiger partial charge < -0.3 is 30.4 Å². The summed E-state index contributed by atoms with van der Waals surface area (Å²) in [4.78, 5) is 57.3. The predicted octanol–water partition coefficient (Wildman–Crippen LogP) is 7.04. The summed E-state index contributed by atoms with van der Waals surface area (Å²) in [6.07, 6.45) is 9.10. The molecule has 2 heterocycles. The fourth-order valence-corrected chi connectivity index (χ4v) is 6.67. The number of carbonyl (C=O) groups is 3. The largest absolute Gasteiger partial charge is 0.363 e. The lowest BCUT2D eigenvalue weighted by molar-refractivity contribution is -0.133. The topological polar surface area (TPSA) is 139 Å². The normalized spacial score (nSPS) is 12.4. The maximum atomic E-state index is 12.9. The summed E-state index contributed by atoms with van der Waals surface area (Å²) in [7, 11) is 0. The zero-order chi connectivity index (χ0) is 37.9. The standard InChI is InChI=1S/C42H54N8O3/c1-7-21-49(28(6)34(9-3)47-40(52)11-5)26-37-43-24-36(46-37)30-17-15-29(16-18-30)31-19-20-33-32(23-31)13-12-14-35-42(33)48-38(45-35)27-50(22-8-2)41(53)25-44-39(51)10-4/h9,15-20,23-24H,6-8,10-14,21-22,25-27H2,1-5H3,(H,43,46)(H,44,51)(H,45,48)(H,47,52)/b34-9+. The maximum absolute atomic E-state index is 12.9. The Labute approximate surface area is 313 Å². The molecule has 53 heavy (non-hydrogen) atoms. The third-order valence-electron chi connectivity index (χ3n) is 9.57. The molecule has 1 aliphatic rings. The number of imidazole rings is 2. The number of rotatable bonds is 17. The van der Waals surface area contributed by atoms with Crippen molar-refractivity contribution in [3.63, 3.8) is 0 Å². The highest BCUT2D eigenvalue weighted by atomic mass is 16.2. The zero-order valence-electron chi connectivity index (χ0n) is 31.9. The second kappa shape index (κ2) is 18.3. The highest BCUT2D eigenvalue weighted by Gasteiger charge is 2.22. The minimum absolute atomic E-state index is 0.00307. The number of amides is 3. The van der Waals surface area contributed by atoms with E-state index in [0.717, 1.165) is 101 Å². The monoisotopic (exact) mass is 718 g/mol. The van der Waals surface area contributed by atoms with E-state index in [1.54, 1.807) is 11.8 Å². The molecule has 4 aromatic rings. The second-order valence-electron chi connectivity index (χ2n) is 13.5. The molecular weight excluding hydrogens is 665 g/mol. The highest BCUT2D eigenvalue weighted by Crippen LogP contribution is 2.35. The number of carbonyl (C=O) groups excluding carboxylic acids is 3. The van der Waals surface area contributed by atoms with Crippen LogP contribution in [0.3, 0.4) is 0 Å². The molecule has 0 aliphatic heterocycles. The molecular formula is C42H54N8O3. The quantitative estimate of drug-likeness (QED) is 0.0864. The van der Waals surface area contributed by atoms with Gasteiger partial charge in [0, 0.05) is 37.2 Å². The number of aromatic nitrogens is 4. The van der Waals surface area contributed by atoms with Gasteiger partial charge in [0.1, 0.15) is 11.6 Å². The molecule has 0 saturated heterocycles. The third-order valence-corrected chi connectivity index (χ3v) is 9.57. The van der Waals surface area contributed by atoms with Crippen LogP contribution in [-0.4, -0.2) is 67.1 Å². The molecule has 2 aromatic heterocycles. The molecule has 1 aliphatic carbocycles. The van der Waals surface area contributed by atoms with Gasteiger partial charge in [-0.1, -0.05) is 82.8 Å². The van der Waals surface area contributed by atoms with Crippen molar-refractivity contribution in [3.05, 3.63) is 95.6 Å². The van der Waals surface area contributed by atoms with Gasteiger partial charge in [-0.3, -0.25) is 14.4 Å². The number of aryl methyl sites for hydroxylation is 2. The van der Waals surface area contributed by atoms with Gasteiger partial charge in [0.15, 0.2) is 0 Å². The highest BCUT2D eigenvalue weighted by molar-refractivity contribution is 5.84. The number of benzene rings is 2. The van der Waals surface area contributed by atoms with Gasteiger partial charge in [0.25, 0.3) is 0 Å². The van der Waals surface area contributed by atoms with Crippen molar-refractivity contribution in [3.8, 4) is 33.6 Å². The molecule has 0 fully saturated rings. The summed E-state index contributed by atoms with van der Waals surface area (Å²) in [6, 6.07) is 15.1. The number of hydrogen-bond acceptors (Lipinski definition) is 6. The number of fused-ring (bicyclic) bond motifs is 3. The van der Waals surface area contributed by atoms with Crippen LogP contribution in [0.4, 0.5) is 0 Å². The molecule has 11 nitrogen and oxygen atoms in total. The average molecular weight is 719 g/mol. The Morgan fingerprint density at radius 1 is 0.849 bits per heavy atom. The predicted molar refractivity (Wildman–Crippen MR) is 210 cm³/mol. The van der Waals surface area contributed by atoms with E-state index in [9.17, 15) is 14.4 Å². The molecule has 11 heteroatoms. The van der Waals surface area contributed by atoms with Gasteiger partial charge in [0.2, 0.25) is 17.7 Å². The van der Waals surface area contributed by atoms with Gasteiger partial charge in [0.05, 0.1) is 48.6 Å². The Morgan fingerprint density at radius 3 is 2.23 bits per heavy atom. The van der Waals surface area contributed by atoms with E-state index < -0.39 is 0 Å². The molecule has 0 radical (unpaired) electrons. The molecule has 2 aromatic carbocycles. The number of nitrogens with one attached hydrogen (secondary N) is 4. The van der Waals surface area contributed by atoms with Gasteiger partial charge in [-0.2, -0.15) is 0 Å². The van der Waals surface area contributed by atoms with Crippen molar-refractivity contribution in [2.75, 3.05) is 19.6 Å². The molecule has 0 unspecified atom stereocenters. The van der Waals surface area contributed by atoms with Gasteiger partial charge in [-0.25, -0.2) is 9.97 Å². The van der Waals surface area contributed by atoms with E-state index in [-0.39, 0.29) is 24.3 Å². The number of nitrogens with zero attached hydrogens (tertiary/aromatic N) is 4. The summed E-state index contributed by atoms with van der Waals surface area (Å²) in [5.41, 5.74) is 10.2. The van der Waals surface area contributed by atoms with Crippen molar-refractivity contribution in [2.24, 2.45) is 0 Å². The van der Waals surface area contributed by atoms with Gasteiger partial charge in [-0.15, -0.1) is 0 Å². The lowest BCUT2D eigenvalue weighted by Gasteiger charge is -2.27. The van der Waals surface area contributed by atoms with E-state index in [4.69, 9.17) is 4.98 Å². The maximum Gasteiger partial charge on any atom is 0.242 e. The van der Waals surface area contributed by atoms with Crippen molar-refractivity contribution >= 4 is 17.7 Å². The van der Waals surface area contributed by atoms with E-state index in [1.165, 1.54) is 5.56 Å². The first kappa shape index (κ1) is 38.8. The smallest absolute Gasteiger partial charge is 0.242 e. The summed E-state index contributed by atoms with van der Waals surface area (Å²) in [5, 5.41) is 5.66. The Kier molecular flexibility index (Phi) is 13.4. The third kappa shape index (κ3) is 9.71. The minimum atomic E-state index is -0.133. The first-order valence-electron chi connectivity index (χ1n) is 19.0. The number of allylic oxidation sites excluding steroid dienone is 1. The van der Waals surface area contributed by atoms with Crippen LogP contribution in [0.5, 0.6) is 0 Å². The Balaban J connectivity index is 1.28. The van der Waals surface area contributed by atoms with E-state index in [1.807, 2.05) is 33.0 Å². The lowest BCUT2D eigenvalue weighted by Crippen LogP contribution is -2.40.